The zero-order chi connectivity index (χ0) is 16.6. The number of aliphatic hydroxyl groups excluding tert-OH is 6. The third-order valence-electron chi connectivity index (χ3n) is 4.20. The molecule has 0 aromatic rings. The molecule has 2 fully saturated rings. The molecule has 9 nitrogen and oxygen atoms in total. The summed E-state index contributed by atoms with van der Waals surface area (Å²) in [4.78, 5) is 0. The Balaban J connectivity index is 2.06. The zero-order valence-corrected chi connectivity index (χ0v) is 12.4. The highest BCUT2D eigenvalue weighted by Crippen LogP contribution is 2.28. The summed E-state index contributed by atoms with van der Waals surface area (Å²) in [6.07, 6.45) is -11.7. The average Bonchev–Trinajstić information content (AvgIpc) is 2.49. The number of hydrogen-bond acceptors (Lipinski definition) is 9. The minimum absolute atomic E-state index is 0.459. The van der Waals surface area contributed by atoms with E-state index in [1.165, 1.54) is 6.92 Å². The molecule has 2 saturated heterocycles. The summed E-state index contributed by atoms with van der Waals surface area (Å²) < 4.78 is 16.1. The van der Waals surface area contributed by atoms with E-state index in [0.29, 0.717) is 0 Å². The largest absolute Gasteiger partial charge is 0.394 e. The lowest BCUT2D eigenvalue weighted by molar-refractivity contribution is -0.335. The normalized spacial score (nSPS) is 53.5. The van der Waals surface area contributed by atoms with Crippen LogP contribution in [0.4, 0.5) is 0 Å². The Morgan fingerprint density at radius 1 is 0.773 bits per heavy atom. The summed E-state index contributed by atoms with van der Waals surface area (Å²) in [7, 11) is 0. The number of aliphatic hydroxyl groups is 6. The van der Waals surface area contributed by atoms with Crippen molar-refractivity contribution in [2.75, 3.05) is 6.61 Å². The van der Waals surface area contributed by atoms with Crippen molar-refractivity contribution >= 4 is 0 Å². The molecule has 0 radical (unpaired) electrons. The van der Waals surface area contributed by atoms with E-state index in [-0.39, 0.29) is 0 Å². The van der Waals surface area contributed by atoms with Crippen molar-refractivity contribution in [3.05, 3.63) is 0 Å². The molecule has 0 aliphatic carbocycles. The summed E-state index contributed by atoms with van der Waals surface area (Å²) in [5.74, 6) is 0. The first-order valence-electron chi connectivity index (χ1n) is 7.25. The predicted octanol–water partition coefficient (Wildman–Crippen LogP) is -3.30. The van der Waals surface area contributed by atoms with Gasteiger partial charge in [0.15, 0.2) is 6.29 Å². The van der Waals surface area contributed by atoms with E-state index in [0.717, 1.165) is 0 Å². The van der Waals surface area contributed by atoms with Crippen LogP contribution in [0.15, 0.2) is 0 Å². The highest BCUT2D eigenvalue weighted by Gasteiger charge is 2.48. The van der Waals surface area contributed by atoms with Crippen LogP contribution in [0.25, 0.3) is 0 Å². The fourth-order valence-electron chi connectivity index (χ4n) is 2.75. The van der Waals surface area contributed by atoms with Crippen LogP contribution in [0, 0.1) is 0 Å². The summed E-state index contributed by atoms with van der Waals surface area (Å²) in [6.45, 7) is 2.62. The molecule has 0 aromatic carbocycles. The number of hydrogen-bond donors (Lipinski definition) is 6. The molecule has 10 atom stereocenters. The van der Waals surface area contributed by atoms with Gasteiger partial charge >= 0.3 is 0 Å². The minimum Gasteiger partial charge on any atom is -0.394 e. The van der Waals surface area contributed by atoms with E-state index >= 15 is 0 Å². The van der Waals surface area contributed by atoms with Crippen LogP contribution >= 0.6 is 0 Å². The van der Waals surface area contributed by atoms with Crippen LogP contribution in [-0.4, -0.2) is 98.5 Å². The van der Waals surface area contributed by atoms with Gasteiger partial charge in [-0.05, 0) is 13.8 Å². The maximum atomic E-state index is 10.1. The second-order valence-electron chi connectivity index (χ2n) is 5.83. The van der Waals surface area contributed by atoms with Gasteiger partial charge in [0.05, 0.1) is 18.8 Å². The molecule has 0 bridgehead atoms. The molecule has 130 valence electrons. The molecular formula is C13H24O9. The second kappa shape index (κ2) is 7.04. The maximum Gasteiger partial charge on any atom is 0.187 e. The standard InChI is InChI=1S/C13H24O9/c1-4-7(15)9(17)11(19)13(21-4)22-12-5(2)20-6(3-14)8(16)10(12)18/h4-19H,3H2,1-2H3/t4?,5?,6?,7?,8-,9-,10+,11+,12+,13+/m1/s1. The Hall–Kier alpha value is -0.360. The maximum absolute atomic E-state index is 10.1. The molecule has 0 spiro atoms. The molecule has 2 rings (SSSR count). The molecule has 9 heteroatoms. The topological polar surface area (TPSA) is 149 Å². The van der Waals surface area contributed by atoms with Crippen molar-refractivity contribution in [2.45, 2.75) is 75.1 Å². The van der Waals surface area contributed by atoms with Crippen molar-refractivity contribution < 1.29 is 44.8 Å². The molecule has 22 heavy (non-hydrogen) atoms. The van der Waals surface area contributed by atoms with Crippen LogP contribution in [0.3, 0.4) is 0 Å². The molecular weight excluding hydrogens is 300 g/mol. The Kier molecular flexibility index (Phi) is 5.75. The highest BCUT2D eigenvalue weighted by atomic mass is 16.7. The summed E-state index contributed by atoms with van der Waals surface area (Å²) >= 11 is 0. The van der Waals surface area contributed by atoms with E-state index in [1.54, 1.807) is 6.92 Å². The Morgan fingerprint density at radius 3 is 2.00 bits per heavy atom. The van der Waals surface area contributed by atoms with Crippen molar-refractivity contribution in [3.63, 3.8) is 0 Å². The first-order chi connectivity index (χ1) is 10.3. The van der Waals surface area contributed by atoms with E-state index in [2.05, 4.69) is 0 Å². The average molecular weight is 324 g/mol. The van der Waals surface area contributed by atoms with E-state index in [1.807, 2.05) is 0 Å². The minimum atomic E-state index is -1.52. The molecule has 2 aliphatic rings. The molecule has 2 heterocycles. The predicted molar refractivity (Wildman–Crippen MR) is 70.7 cm³/mol. The van der Waals surface area contributed by atoms with Crippen molar-refractivity contribution in [2.24, 2.45) is 0 Å². The van der Waals surface area contributed by atoms with Gasteiger partial charge in [0.2, 0.25) is 0 Å². The third kappa shape index (κ3) is 3.28. The molecule has 6 N–H and O–H groups in total. The Labute approximate surface area is 127 Å². The molecule has 0 amide bonds. The van der Waals surface area contributed by atoms with Gasteiger partial charge in [0, 0.05) is 0 Å². The van der Waals surface area contributed by atoms with E-state index < -0.39 is 67.8 Å². The van der Waals surface area contributed by atoms with Crippen LogP contribution in [0.1, 0.15) is 13.8 Å². The quantitative estimate of drug-likeness (QED) is 0.314. The Morgan fingerprint density at radius 2 is 1.41 bits per heavy atom. The van der Waals surface area contributed by atoms with Crippen molar-refractivity contribution in [1.29, 1.82) is 0 Å². The third-order valence-corrected chi connectivity index (χ3v) is 4.20. The lowest BCUT2D eigenvalue weighted by Crippen LogP contribution is -2.63. The van der Waals surface area contributed by atoms with Crippen molar-refractivity contribution in [1.82, 2.24) is 0 Å². The molecule has 0 aromatic heterocycles. The number of ether oxygens (including phenoxy) is 3. The van der Waals surface area contributed by atoms with Gasteiger partial charge in [-0.25, -0.2) is 0 Å². The van der Waals surface area contributed by atoms with Crippen molar-refractivity contribution in [3.8, 4) is 0 Å². The van der Waals surface area contributed by atoms with Gasteiger partial charge < -0.3 is 44.8 Å². The zero-order valence-electron chi connectivity index (χ0n) is 12.4. The van der Waals surface area contributed by atoms with E-state index in [9.17, 15) is 25.5 Å². The first-order valence-corrected chi connectivity index (χ1v) is 7.25. The second-order valence-corrected chi connectivity index (χ2v) is 5.83. The van der Waals surface area contributed by atoms with Gasteiger partial charge in [-0.15, -0.1) is 0 Å². The van der Waals surface area contributed by atoms with Gasteiger partial charge in [-0.2, -0.15) is 0 Å². The summed E-state index contributed by atoms with van der Waals surface area (Å²) in [6, 6.07) is 0. The molecule has 4 unspecified atom stereocenters. The lowest BCUT2D eigenvalue weighted by atomic mass is 9.95. The summed E-state index contributed by atoms with van der Waals surface area (Å²) in [5.41, 5.74) is 0. The smallest absolute Gasteiger partial charge is 0.187 e. The van der Waals surface area contributed by atoms with Crippen LogP contribution in [0.5, 0.6) is 0 Å². The van der Waals surface area contributed by atoms with Gasteiger partial charge in [-0.3, -0.25) is 0 Å². The van der Waals surface area contributed by atoms with E-state index in [4.69, 9.17) is 19.3 Å². The monoisotopic (exact) mass is 324 g/mol. The lowest BCUT2D eigenvalue weighted by Gasteiger charge is -2.45. The Bertz CT molecular complexity index is 367. The van der Waals surface area contributed by atoms with Gasteiger partial charge in [0.1, 0.15) is 42.7 Å². The fraction of sp³-hybridized carbons (Fsp3) is 1.00. The molecule has 2 aliphatic heterocycles. The SMILES string of the molecule is CC1O[C@@H](O[C@H]2C(C)OC(CO)[C@@H](O)[C@@H]2O)[C@@H](O)[C@H](O)C1O. The number of rotatable bonds is 3. The first kappa shape index (κ1) is 18.0. The molecule has 0 saturated carbocycles. The van der Waals surface area contributed by atoms with Crippen LogP contribution < -0.4 is 0 Å². The van der Waals surface area contributed by atoms with Crippen LogP contribution in [0.2, 0.25) is 0 Å². The van der Waals surface area contributed by atoms with Gasteiger partial charge in [-0.1, -0.05) is 0 Å². The highest BCUT2D eigenvalue weighted by molar-refractivity contribution is 4.93. The van der Waals surface area contributed by atoms with Crippen LogP contribution in [-0.2, 0) is 14.2 Å². The summed E-state index contributed by atoms with van der Waals surface area (Å²) in [5, 5.41) is 58.3. The fourth-order valence-corrected chi connectivity index (χ4v) is 2.75. The van der Waals surface area contributed by atoms with Gasteiger partial charge in [0.25, 0.3) is 0 Å².